The van der Waals surface area contributed by atoms with Crippen LogP contribution in [0.1, 0.15) is 5.56 Å². The van der Waals surface area contributed by atoms with E-state index in [4.69, 9.17) is 0 Å². The molecule has 0 aliphatic heterocycles. The van der Waals surface area contributed by atoms with Gasteiger partial charge in [0.1, 0.15) is 12.1 Å². The lowest BCUT2D eigenvalue weighted by Gasteiger charge is -2.07. The zero-order valence-corrected chi connectivity index (χ0v) is 10.3. The fourth-order valence-electron chi connectivity index (χ4n) is 2.11. The Morgan fingerprint density at radius 1 is 1.16 bits per heavy atom. The van der Waals surface area contributed by atoms with Gasteiger partial charge in [-0.15, -0.1) is 0 Å². The summed E-state index contributed by atoms with van der Waals surface area (Å²) in [5, 5.41) is 0.534. The summed E-state index contributed by atoms with van der Waals surface area (Å²) >= 11 is 0. The first-order valence-corrected chi connectivity index (χ1v) is 5.90. The smallest absolute Gasteiger partial charge is 0.265 e. The molecule has 1 aromatic heterocycles. The van der Waals surface area contributed by atoms with E-state index in [1.54, 1.807) is 18.2 Å². The topological polar surface area (TPSA) is 34.9 Å². The van der Waals surface area contributed by atoms with Crippen LogP contribution in [0.3, 0.4) is 0 Å². The number of para-hydroxylation sites is 1. The molecule has 19 heavy (non-hydrogen) atoms. The maximum absolute atomic E-state index is 13.2. The van der Waals surface area contributed by atoms with Crippen LogP contribution < -0.4 is 5.56 Å². The maximum atomic E-state index is 13.2. The molecule has 0 fully saturated rings. The molecule has 0 aliphatic carbocycles. The zero-order chi connectivity index (χ0) is 13.4. The summed E-state index contributed by atoms with van der Waals surface area (Å²) < 4.78 is 14.6. The first kappa shape index (κ1) is 11.6. The van der Waals surface area contributed by atoms with Crippen LogP contribution in [0.25, 0.3) is 16.6 Å². The normalized spacial score (nSPS) is 10.8. The Morgan fingerprint density at radius 2 is 1.95 bits per heavy atom. The monoisotopic (exact) mass is 254 g/mol. The summed E-state index contributed by atoms with van der Waals surface area (Å²) in [6.07, 6.45) is 1.44. The molecule has 0 spiro atoms. The van der Waals surface area contributed by atoms with Gasteiger partial charge in [0.15, 0.2) is 0 Å². The number of fused-ring (bicyclic) bond motifs is 1. The van der Waals surface area contributed by atoms with Gasteiger partial charge in [-0.25, -0.2) is 9.37 Å². The van der Waals surface area contributed by atoms with Crippen molar-refractivity contribution in [3.05, 3.63) is 70.5 Å². The third-order valence-electron chi connectivity index (χ3n) is 3.08. The Kier molecular flexibility index (Phi) is 2.63. The van der Waals surface area contributed by atoms with E-state index in [0.717, 1.165) is 5.56 Å². The Morgan fingerprint density at radius 3 is 2.74 bits per heavy atom. The van der Waals surface area contributed by atoms with E-state index in [1.807, 2.05) is 19.1 Å². The summed E-state index contributed by atoms with van der Waals surface area (Å²) in [6.45, 7) is 1.90. The zero-order valence-electron chi connectivity index (χ0n) is 10.3. The molecule has 94 valence electrons. The molecule has 3 nitrogen and oxygen atoms in total. The third kappa shape index (κ3) is 1.91. The van der Waals surface area contributed by atoms with Crippen molar-refractivity contribution in [3.8, 4) is 5.69 Å². The van der Waals surface area contributed by atoms with Crippen LogP contribution in [-0.2, 0) is 0 Å². The minimum Gasteiger partial charge on any atom is -0.268 e. The second-order valence-corrected chi connectivity index (χ2v) is 4.37. The highest BCUT2D eigenvalue weighted by atomic mass is 19.1. The largest absolute Gasteiger partial charge is 0.268 e. The van der Waals surface area contributed by atoms with Gasteiger partial charge in [0.2, 0.25) is 0 Å². The molecule has 0 unspecified atom stereocenters. The van der Waals surface area contributed by atoms with Gasteiger partial charge in [0.25, 0.3) is 5.56 Å². The molecule has 3 rings (SSSR count). The van der Waals surface area contributed by atoms with E-state index in [1.165, 1.54) is 23.0 Å². The molecule has 0 saturated heterocycles. The van der Waals surface area contributed by atoms with Crippen LogP contribution in [0.4, 0.5) is 4.39 Å². The van der Waals surface area contributed by atoms with Crippen molar-refractivity contribution in [1.82, 2.24) is 9.55 Å². The molecule has 0 bridgehead atoms. The molecular formula is C15H11FN2O. The summed E-state index contributed by atoms with van der Waals surface area (Å²) in [5.41, 5.74) is 1.90. The average Bonchev–Trinajstić information content (AvgIpc) is 2.40. The number of aromatic nitrogens is 2. The first-order chi connectivity index (χ1) is 9.16. The standard InChI is InChI=1S/C15H11FN2O/c1-10-4-2-7-13-14(10)17-9-18(15(13)19)12-6-3-5-11(16)8-12/h2-9H,1H3. The molecule has 0 radical (unpaired) electrons. The van der Waals surface area contributed by atoms with Crippen molar-refractivity contribution in [3.63, 3.8) is 0 Å². The van der Waals surface area contributed by atoms with Gasteiger partial charge in [-0.2, -0.15) is 0 Å². The minimum atomic E-state index is -0.381. The molecule has 0 atom stereocenters. The van der Waals surface area contributed by atoms with Crippen LogP contribution in [0, 0.1) is 12.7 Å². The Bertz CT molecular complexity index is 824. The van der Waals surface area contributed by atoms with E-state index >= 15 is 0 Å². The molecule has 0 N–H and O–H groups in total. The second kappa shape index (κ2) is 4.31. The number of halogens is 1. The SMILES string of the molecule is Cc1cccc2c(=O)n(-c3cccc(F)c3)cnc12. The fourth-order valence-corrected chi connectivity index (χ4v) is 2.11. The summed E-state index contributed by atoms with van der Waals surface area (Å²) in [4.78, 5) is 16.7. The number of rotatable bonds is 1. The van der Waals surface area contributed by atoms with Crippen LogP contribution in [0.15, 0.2) is 53.6 Å². The van der Waals surface area contributed by atoms with Gasteiger partial charge in [-0.3, -0.25) is 9.36 Å². The number of nitrogens with zero attached hydrogens (tertiary/aromatic N) is 2. The molecule has 1 heterocycles. The quantitative estimate of drug-likeness (QED) is 0.669. The van der Waals surface area contributed by atoms with E-state index in [0.29, 0.717) is 16.6 Å². The van der Waals surface area contributed by atoms with E-state index < -0.39 is 0 Å². The van der Waals surface area contributed by atoms with Gasteiger partial charge >= 0.3 is 0 Å². The van der Waals surface area contributed by atoms with Gasteiger partial charge < -0.3 is 0 Å². The number of hydrogen-bond acceptors (Lipinski definition) is 2. The summed E-state index contributed by atoms with van der Waals surface area (Å²) in [5.74, 6) is -0.381. The predicted octanol–water partition coefficient (Wildman–Crippen LogP) is 2.83. The van der Waals surface area contributed by atoms with Gasteiger partial charge in [0, 0.05) is 0 Å². The molecule has 0 saturated carbocycles. The fraction of sp³-hybridized carbons (Fsp3) is 0.0667. The third-order valence-corrected chi connectivity index (χ3v) is 3.08. The van der Waals surface area contributed by atoms with Crippen molar-refractivity contribution < 1.29 is 4.39 Å². The van der Waals surface area contributed by atoms with E-state index in [2.05, 4.69) is 4.98 Å². The highest BCUT2D eigenvalue weighted by Crippen LogP contribution is 2.13. The number of hydrogen-bond donors (Lipinski definition) is 0. The highest BCUT2D eigenvalue weighted by molar-refractivity contribution is 5.80. The van der Waals surface area contributed by atoms with Crippen molar-refractivity contribution in [2.24, 2.45) is 0 Å². The minimum absolute atomic E-state index is 0.195. The molecule has 0 aliphatic rings. The van der Waals surface area contributed by atoms with Crippen LogP contribution in [-0.4, -0.2) is 9.55 Å². The predicted molar refractivity (Wildman–Crippen MR) is 72.0 cm³/mol. The Labute approximate surface area is 109 Å². The van der Waals surface area contributed by atoms with E-state index in [-0.39, 0.29) is 11.4 Å². The van der Waals surface area contributed by atoms with Crippen LogP contribution in [0.5, 0.6) is 0 Å². The van der Waals surface area contributed by atoms with Crippen LogP contribution in [0.2, 0.25) is 0 Å². The molecule has 3 aromatic rings. The summed E-state index contributed by atoms with van der Waals surface area (Å²) in [6, 6.07) is 11.3. The average molecular weight is 254 g/mol. The van der Waals surface area contributed by atoms with Crippen LogP contribution >= 0.6 is 0 Å². The first-order valence-electron chi connectivity index (χ1n) is 5.90. The van der Waals surface area contributed by atoms with Gasteiger partial charge in [0.05, 0.1) is 16.6 Å². The van der Waals surface area contributed by atoms with Gasteiger partial charge in [-0.05, 0) is 36.8 Å². The summed E-state index contributed by atoms with van der Waals surface area (Å²) in [7, 11) is 0. The Balaban J connectivity index is 2.33. The Hall–Kier alpha value is -2.49. The van der Waals surface area contributed by atoms with Crippen molar-refractivity contribution in [2.75, 3.05) is 0 Å². The molecule has 2 aromatic carbocycles. The van der Waals surface area contributed by atoms with Crippen molar-refractivity contribution in [1.29, 1.82) is 0 Å². The van der Waals surface area contributed by atoms with E-state index in [9.17, 15) is 9.18 Å². The number of benzene rings is 2. The van der Waals surface area contributed by atoms with Crippen molar-refractivity contribution in [2.45, 2.75) is 6.92 Å². The lowest BCUT2D eigenvalue weighted by atomic mass is 10.1. The highest BCUT2D eigenvalue weighted by Gasteiger charge is 2.07. The maximum Gasteiger partial charge on any atom is 0.265 e. The molecule has 0 amide bonds. The second-order valence-electron chi connectivity index (χ2n) is 4.37. The lowest BCUT2D eigenvalue weighted by Crippen LogP contribution is -2.19. The number of aryl methyl sites for hydroxylation is 1. The molecule has 4 heteroatoms. The van der Waals surface area contributed by atoms with Crippen molar-refractivity contribution >= 4 is 10.9 Å². The van der Waals surface area contributed by atoms with Gasteiger partial charge in [-0.1, -0.05) is 18.2 Å². The molecular weight excluding hydrogens is 243 g/mol. The lowest BCUT2D eigenvalue weighted by molar-refractivity contribution is 0.626.